The molecule has 0 spiro atoms. The maximum atomic E-state index is 12.4. The van der Waals surface area contributed by atoms with Gasteiger partial charge in [-0.3, -0.25) is 14.0 Å². The number of carbonyl (C=O) groups excluding carboxylic acids is 2. The van der Waals surface area contributed by atoms with Crippen LogP contribution >= 0.6 is 11.3 Å². The first-order chi connectivity index (χ1) is 14.6. The van der Waals surface area contributed by atoms with Gasteiger partial charge in [-0.1, -0.05) is 29.5 Å². The number of rotatable bonds is 7. The predicted octanol–water partition coefficient (Wildman–Crippen LogP) is 2.61. The van der Waals surface area contributed by atoms with Gasteiger partial charge in [0, 0.05) is 6.20 Å². The van der Waals surface area contributed by atoms with E-state index in [9.17, 15) is 9.59 Å². The fourth-order valence-corrected chi connectivity index (χ4v) is 4.17. The zero-order chi connectivity index (χ0) is 21.1. The van der Waals surface area contributed by atoms with E-state index in [0.717, 1.165) is 20.7 Å². The molecule has 30 heavy (non-hydrogen) atoms. The van der Waals surface area contributed by atoms with Gasteiger partial charge in [-0.05, 0) is 24.3 Å². The number of amides is 2. The summed E-state index contributed by atoms with van der Waals surface area (Å²) in [5.74, 6) is 0.496. The lowest BCUT2D eigenvalue weighted by Gasteiger charge is -2.13. The number of benzene rings is 2. The Labute approximate surface area is 176 Å². The Balaban J connectivity index is 1.37. The largest absolute Gasteiger partial charge is 0.496 e. The highest BCUT2D eigenvalue weighted by Crippen LogP contribution is 2.28. The second-order valence-electron chi connectivity index (χ2n) is 6.45. The minimum atomic E-state index is -0.403. The van der Waals surface area contributed by atoms with Crippen LogP contribution in [-0.2, 0) is 11.3 Å². The van der Waals surface area contributed by atoms with Gasteiger partial charge in [0.2, 0.25) is 5.91 Å². The summed E-state index contributed by atoms with van der Waals surface area (Å²) >= 11 is 1.51. The van der Waals surface area contributed by atoms with Gasteiger partial charge in [-0.2, -0.15) is 0 Å². The maximum absolute atomic E-state index is 12.4. The van der Waals surface area contributed by atoms with E-state index < -0.39 is 5.91 Å². The molecule has 154 valence electrons. The topological polar surface area (TPSA) is 94.0 Å². The molecule has 0 aliphatic carbocycles. The summed E-state index contributed by atoms with van der Waals surface area (Å²) in [7, 11) is 3.11. The molecular weight excluding hydrogens is 404 g/mol. The third kappa shape index (κ3) is 3.79. The number of nitrogens with zero attached hydrogens (tertiary/aromatic N) is 2. The third-order valence-corrected chi connectivity index (χ3v) is 5.67. The molecule has 2 heterocycles. The van der Waals surface area contributed by atoms with E-state index in [0.29, 0.717) is 11.5 Å². The molecule has 2 aromatic heterocycles. The van der Waals surface area contributed by atoms with E-state index in [4.69, 9.17) is 9.47 Å². The number of methoxy groups -OCH3 is 2. The predicted molar refractivity (Wildman–Crippen MR) is 114 cm³/mol. The van der Waals surface area contributed by atoms with Gasteiger partial charge in [-0.15, -0.1) is 0 Å². The van der Waals surface area contributed by atoms with Crippen molar-refractivity contribution in [2.24, 2.45) is 0 Å². The highest BCUT2D eigenvalue weighted by atomic mass is 32.1. The molecule has 2 N–H and O–H groups in total. The van der Waals surface area contributed by atoms with E-state index in [1.54, 1.807) is 32.5 Å². The Morgan fingerprint density at radius 1 is 1.03 bits per heavy atom. The minimum absolute atomic E-state index is 0.164. The average molecular weight is 424 g/mol. The maximum Gasteiger partial charge on any atom is 0.271 e. The van der Waals surface area contributed by atoms with Crippen LogP contribution in [0.1, 0.15) is 16.1 Å². The molecule has 9 heteroatoms. The Bertz CT molecular complexity index is 1210. The number of para-hydroxylation sites is 1. The van der Waals surface area contributed by atoms with Crippen LogP contribution in [0.25, 0.3) is 15.2 Å². The van der Waals surface area contributed by atoms with Gasteiger partial charge in [0.05, 0.1) is 43.1 Å². The van der Waals surface area contributed by atoms with Crippen molar-refractivity contribution in [2.45, 2.75) is 6.54 Å². The van der Waals surface area contributed by atoms with Crippen molar-refractivity contribution in [1.29, 1.82) is 0 Å². The number of hydrogen-bond acceptors (Lipinski definition) is 6. The van der Waals surface area contributed by atoms with Gasteiger partial charge in [-0.25, -0.2) is 4.98 Å². The number of aromatic nitrogens is 2. The van der Waals surface area contributed by atoms with Crippen LogP contribution in [0.4, 0.5) is 0 Å². The second-order valence-corrected chi connectivity index (χ2v) is 7.46. The van der Waals surface area contributed by atoms with Crippen LogP contribution in [-0.4, -0.2) is 42.0 Å². The fourth-order valence-electron chi connectivity index (χ4n) is 3.16. The van der Waals surface area contributed by atoms with E-state index in [2.05, 4.69) is 15.6 Å². The number of thiazole rings is 1. The first-order valence-corrected chi connectivity index (χ1v) is 10.0. The van der Waals surface area contributed by atoms with Gasteiger partial charge in [0.15, 0.2) is 4.96 Å². The van der Waals surface area contributed by atoms with Gasteiger partial charge < -0.3 is 20.1 Å². The molecule has 0 fully saturated rings. The van der Waals surface area contributed by atoms with Gasteiger partial charge in [0.1, 0.15) is 17.2 Å². The summed E-state index contributed by atoms with van der Waals surface area (Å²) < 4.78 is 13.6. The zero-order valence-electron chi connectivity index (χ0n) is 16.5. The molecule has 2 aromatic carbocycles. The van der Waals surface area contributed by atoms with E-state index in [-0.39, 0.29) is 24.7 Å². The molecule has 8 nitrogen and oxygen atoms in total. The summed E-state index contributed by atoms with van der Waals surface area (Å²) in [5, 5.41) is 5.37. The summed E-state index contributed by atoms with van der Waals surface area (Å²) in [6.45, 7) is 0.0519. The first-order valence-electron chi connectivity index (χ1n) is 9.22. The lowest BCUT2D eigenvalue weighted by molar-refractivity contribution is -0.120. The molecule has 0 atom stereocenters. The van der Waals surface area contributed by atoms with Crippen molar-refractivity contribution in [2.75, 3.05) is 20.8 Å². The summed E-state index contributed by atoms with van der Waals surface area (Å²) in [4.78, 5) is 29.7. The van der Waals surface area contributed by atoms with Gasteiger partial charge in [0.25, 0.3) is 5.91 Å². The monoisotopic (exact) mass is 424 g/mol. The SMILES string of the molecule is COc1cccc(OC)c1CNC(=O)CNC(=O)c1cn2c(n1)sc1ccccc12. The highest BCUT2D eigenvalue weighted by molar-refractivity contribution is 7.23. The molecule has 4 aromatic rings. The van der Waals surface area contributed by atoms with E-state index >= 15 is 0 Å². The van der Waals surface area contributed by atoms with Crippen molar-refractivity contribution in [1.82, 2.24) is 20.0 Å². The fraction of sp³-hybridized carbons (Fsp3) is 0.190. The van der Waals surface area contributed by atoms with E-state index in [1.165, 1.54) is 11.3 Å². The van der Waals surface area contributed by atoms with Crippen molar-refractivity contribution >= 4 is 38.3 Å². The van der Waals surface area contributed by atoms with Crippen molar-refractivity contribution in [3.05, 3.63) is 59.9 Å². The summed E-state index contributed by atoms with van der Waals surface area (Å²) in [5.41, 5.74) is 1.99. The number of ether oxygens (including phenoxy) is 2. The third-order valence-electron chi connectivity index (χ3n) is 4.63. The van der Waals surface area contributed by atoms with Crippen LogP contribution in [0.5, 0.6) is 11.5 Å². The van der Waals surface area contributed by atoms with Crippen LogP contribution in [0, 0.1) is 0 Å². The quantitative estimate of drug-likeness (QED) is 0.476. The number of nitrogens with one attached hydrogen (secondary N) is 2. The lowest BCUT2D eigenvalue weighted by Crippen LogP contribution is -2.36. The van der Waals surface area contributed by atoms with E-state index in [1.807, 2.05) is 34.7 Å². The Morgan fingerprint density at radius 3 is 2.50 bits per heavy atom. The smallest absolute Gasteiger partial charge is 0.271 e. The summed E-state index contributed by atoms with van der Waals surface area (Å²) in [6, 6.07) is 13.3. The second kappa shape index (κ2) is 8.42. The molecule has 0 radical (unpaired) electrons. The van der Waals surface area contributed by atoms with Crippen molar-refractivity contribution < 1.29 is 19.1 Å². The lowest BCUT2D eigenvalue weighted by atomic mass is 10.1. The van der Waals surface area contributed by atoms with Crippen molar-refractivity contribution in [3.8, 4) is 11.5 Å². The molecule has 0 bridgehead atoms. The Kier molecular flexibility index (Phi) is 5.53. The number of fused-ring (bicyclic) bond motifs is 3. The van der Waals surface area contributed by atoms with Crippen molar-refractivity contribution in [3.63, 3.8) is 0 Å². The molecule has 0 aliphatic heterocycles. The summed E-state index contributed by atoms with van der Waals surface area (Å²) in [6.07, 6.45) is 1.68. The molecule has 4 rings (SSSR count). The average Bonchev–Trinajstić information content (AvgIpc) is 3.34. The Morgan fingerprint density at radius 2 is 1.77 bits per heavy atom. The number of imidazole rings is 1. The van der Waals surface area contributed by atoms with Gasteiger partial charge >= 0.3 is 0 Å². The molecule has 0 saturated carbocycles. The van der Waals surface area contributed by atoms with Crippen LogP contribution in [0.2, 0.25) is 0 Å². The van der Waals surface area contributed by atoms with Crippen LogP contribution in [0.3, 0.4) is 0 Å². The number of hydrogen-bond donors (Lipinski definition) is 2. The normalized spacial score (nSPS) is 10.9. The van der Waals surface area contributed by atoms with Crippen LogP contribution in [0.15, 0.2) is 48.7 Å². The molecule has 2 amide bonds. The van der Waals surface area contributed by atoms with Crippen LogP contribution < -0.4 is 20.1 Å². The molecule has 0 unspecified atom stereocenters. The molecule has 0 saturated heterocycles. The standard InChI is InChI=1S/C21H20N4O4S/c1-28-16-7-5-8-17(29-2)13(16)10-22-19(26)11-23-20(27)14-12-25-15-6-3-4-9-18(15)30-21(25)24-14/h3-9,12H,10-11H2,1-2H3,(H,22,26)(H,23,27). The first kappa shape index (κ1) is 19.7. The minimum Gasteiger partial charge on any atom is -0.496 e. The molecular formula is C21H20N4O4S. The Hall–Kier alpha value is -3.59. The molecule has 0 aliphatic rings. The highest BCUT2D eigenvalue weighted by Gasteiger charge is 2.16. The number of carbonyl (C=O) groups is 2. The zero-order valence-corrected chi connectivity index (χ0v) is 17.3.